The lowest BCUT2D eigenvalue weighted by molar-refractivity contribution is -0.385. The normalized spacial score (nSPS) is 12.7. The SMILES string of the molecule is CCNC(=NCc1ccc2c(c1)OCO2)NCCNS(=O)(=O)c1cccc([N+](=O)[O-])c1.I. The summed E-state index contributed by atoms with van der Waals surface area (Å²) < 4.78 is 37.8. The van der Waals surface area contributed by atoms with Gasteiger partial charge in [-0.1, -0.05) is 12.1 Å². The van der Waals surface area contributed by atoms with E-state index in [0.717, 1.165) is 11.6 Å². The van der Waals surface area contributed by atoms with Gasteiger partial charge in [-0.15, -0.1) is 24.0 Å². The molecule has 1 aliphatic rings. The third-order valence-electron chi connectivity index (χ3n) is 4.25. The Morgan fingerprint density at radius 2 is 1.91 bits per heavy atom. The lowest BCUT2D eigenvalue weighted by Crippen LogP contribution is -2.41. The quantitative estimate of drug-likeness (QED) is 0.103. The molecule has 32 heavy (non-hydrogen) atoms. The van der Waals surface area contributed by atoms with E-state index in [9.17, 15) is 18.5 Å². The van der Waals surface area contributed by atoms with Crippen molar-refractivity contribution in [2.45, 2.75) is 18.4 Å². The molecular weight excluding hydrogens is 553 g/mol. The number of nitro benzene ring substituents is 1. The van der Waals surface area contributed by atoms with Gasteiger partial charge in [0.05, 0.1) is 16.4 Å². The van der Waals surface area contributed by atoms with Gasteiger partial charge in [0.1, 0.15) is 0 Å². The standard InChI is InChI=1S/C19H23N5O6S.HI/c1-2-20-19(22-12-14-6-7-17-18(10-14)30-13-29-17)21-8-9-23-31(27,28)16-5-3-4-15(11-16)24(25)26;/h3-7,10-11,23H,2,8-9,12-13H2,1H3,(H2,20,21,22);1H. The van der Waals surface area contributed by atoms with E-state index in [4.69, 9.17) is 9.47 Å². The fourth-order valence-electron chi connectivity index (χ4n) is 2.77. The van der Waals surface area contributed by atoms with E-state index in [2.05, 4.69) is 20.3 Å². The average Bonchev–Trinajstić information content (AvgIpc) is 3.23. The first-order valence-electron chi connectivity index (χ1n) is 9.54. The molecule has 13 heteroatoms. The number of nitrogens with zero attached hydrogens (tertiary/aromatic N) is 2. The van der Waals surface area contributed by atoms with Crippen molar-refractivity contribution in [3.63, 3.8) is 0 Å². The second-order valence-electron chi connectivity index (χ2n) is 6.46. The average molecular weight is 577 g/mol. The van der Waals surface area contributed by atoms with E-state index >= 15 is 0 Å². The van der Waals surface area contributed by atoms with Crippen molar-refractivity contribution in [2.75, 3.05) is 26.4 Å². The number of halogens is 1. The highest BCUT2D eigenvalue weighted by Crippen LogP contribution is 2.32. The monoisotopic (exact) mass is 577 g/mol. The lowest BCUT2D eigenvalue weighted by atomic mass is 10.2. The number of rotatable bonds is 9. The van der Waals surface area contributed by atoms with Crippen molar-refractivity contribution < 1.29 is 22.8 Å². The molecule has 2 aromatic carbocycles. The van der Waals surface area contributed by atoms with Gasteiger partial charge in [-0.05, 0) is 30.7 Å². The van der Waals surface area contributed by atoms with E-state index in [1.54, 1.807) is 0 Å². The number of fused-ring (bicyclic) bond motifs is 1. The Bertz CT molecular complexity index is 1080. The van der Waals surface area contributed by atoms with Crippen molar-refractivity contribution >= 4 is 45.6 Å². The molecule has 1 aliphatic heterocycles. The summed E-state index contributed by atoms with van der Waals surface area (Å²) in [5, 5.41) is 17.0. The zero-order chi connectivity index (χ0) is 22.3. The van der Waals surface area contributed by atoms with Gasteiger partial charge < -0.3 is 20.1 Å². The van der Waals surface area contributed by atoms with Crippen molar-refractivity contribution in [1.82, 2.24) is 15.4 Å². The van der Waals surface area contributed by atoms with Gasteiger partial charge in [0, 0.05) is 31.8 Å². The van der Waals surface area contributed by atoms with Crippen molar-refractivity contribution in [3.8, 4) is 11.5 Å². The summed E-state index contributed by atoms with van der Waals surface area (Å²) in [6.45, 7) is 3.49. The summed E-state index contributed by atoms with van der Waals surface area (Å²) >= 11 is 0. The first kappa shape index (κ1) is 25.6. The highest BCUT2D eigenvalue weighted by Gasteiger charge is 2.17. The maximum atomic E-state index is 12.4. The molecule has 0 aliphatic carbocycles. The number of aliphatic imine (C=N–C) groups is 1. The molecule has 0 saturated heterocycles. The highest BCUT2D eigenvalue weighted by atomic mass is 127. The van der Waals surface area contributed by atoms with Crippen molar-refractivity contribution in [3.05, 3.63) is 58.1 Å². The largest absolute Gasteiger partial charge is 0.454 e. The number of non-ortho nitro benzene ring substituents is 1. The van der Waals surface area contributed by atoms with E-state index in [-0.39, 0.29) is 54.4 Å². The number of hydrogen-bond acceptors (Lipinski definition) is 7. The van der Waals surface area contributed by atoms with E-state index in [1.807, 2.05) is 25.1 Å². The zero-order valence-electron chi connectivity index (χ0n) is 17.2. The summed E-state index contributed by atoms with van der Waals surface area (Å²) in [7, 11) is -3.87. The van der Waals surface area contributed by atoms with Crippen LogP contribution in [0.15, 0.2) is 52.4 Å². The second-order valence-corrected chi connectivity index (χ2v) is 8.23. The molecule has 3 rings (SSSR count). The van der Waals surface area contributed by atoms with E-state index in [1.165, 1.54) is 18.2 Å². The van der Waals surface area contributed by atoms with Crippen LogP contribution >= 0.6 is 24.0 Å². The van der Waals surface area contributed by atoms with Gasteiger partial charge in [-0.2, -0.15) is 0 Å². The molecule has 0 atom stereocenters. The molecule has 0 bridgehead atoms. The Balaban J connectivity index is 0.00000363. The molecule has 11 nitrogen and oxygen atoms in total. The number of nitrogens with one attached hydrogen (secondary N) is 3. The highest BCUT2D eigenvalue weighted by molar-refractivity contribution is 14.0. The molecule has 3 N–H and O–H groups in total. The molecule has 1 heterocycles. The van der Waals surface area contributed by atoms with Gasteiger partial charge in [0.2, 0.25) is 16.8 Å². The molecule has 0 fully saturated rings. The maximum absolute atomic E-state index is 12.4. The van der Waals surface area contributed by atoms with E-state index in [0.29, 0.717) is 30.5 Å². The predicted octanol–water partition coefficient (Wildman–Crippen LogP) is 1.98. The Morgan fingerprint density at radius 3 is 2.66 bits per heavy atom. The number of guanidine groups is 1. The minimum Gasteiger partial charge on any atom is -0.454 e. The van der Waals surface area contributed by atoms with Crippen molar-refractivity contribution in [1.29, 1.82) is 0 Å². The maximum Gasteiger partial charge on any atom is 0.270 e. The van der Waals surface area contributed by atoms with Gasteiger partial charge in [-0.25, -0.2) is 18.1 Å². The molecule has 2 aromatic rings. The summed E-state index contributed by atoms with van der Waals surface area (Å²) in [6, 6.07) is 10.5. The molecule has 0 radical (unpaired) electrons. The van der Waals surface area contributed by atoms with Crippen LogP contribution in [-0.2, 0) is 16.6 Å². The van der Waals surface area contributed by atoms with Gasteiger partial charge in [0.15, 0.2) is 17.5 Å². The van der Waals surface area contributed by atoms with Crippen LogP contribution in [0.3, 0.4) is 0 Å². The fraction of sp³-hybridized carbons (Fsp3) is 0.316. The van der Waals surface area contributed by atoms with Gasteiger partial charge in [-0.3, -0.25) is 10.1 Å². The number of nitro groups is 1. The second kappa shape index (κ2) is 11.8. The zero-order valence-corrected chi connectivity index (χ0v) is 20.4. The third-order valence-corrected chi connectivity index (χ3v) is 5.71. The lowest BCUT2D eigenvalue weighted by Gasteiger charge is -2.12. The van der Waals surface area contributed by atoms with E-state index < -0.39 is 14.9 Å². The fourth-order valence-corrected chi connectivity index (χ4v) is 3.84. The van der Waals surface area contributed by atoms with Crippen LogP contribution < -0.4 is 24.8 Å². The smallest absolute Gasteiger partial charge is 0.270 e. The summed E-state index contributed by atoms with van der Waals surface area (Å²) in [5.41, 5.74) is 0.652. The molecule has 0 spiro atoms. The first-order chi connectivity index (χ1) is 14.9. The molecule has 0 aromatic heterocycles. The first-order valence-corrected chi connectivity index (χ1v) is 11.0. The Hall–Kier alpha value is -2.65. The predicted molar refractivity (Wildman–Crippen MR) is 129 cm³/mol. The van der Waals surface area contributed by atoms with Crippen LogP contribution in [0.2, 0.25) is 0 Å². The third kappa shape index (κ3) is 6.93. The topological polar surface area (TPSA) is 144 Å². The van der Waals surface area contributed by atoms with Gasteiger partial charge in [0.25, 0.3) is 5.69 Å². The number of ether oxygens (including phenoxy) is 2. The number of sulfonamides is 1. The minimum absolute atomic E-state index is 0. The molecule has 0 saturated carbocycles. The molecular formula is C19H24IN5O6S. The van der Waals surface area contributed by atoms with Crippen LogP contribution in [0.25, 0.3) is 0 Å². The molecule has 174 valence electrons. The summed E-state index contributed by atoms with van der Waals surface area (Å²) in [5.74, 6) is 1.91. The van der Waals surface area contributed by atoms with Crippen LogP contribution in [0.1, 0.15) is 12.5 Å². The minimum atomic E-state index is -3.87. The van der Waals surface area contributed by atoms with Crippen LogP contribution in [0.5, 0.6) is 11.5 Å². The number of hydrogen-bond donors (Lipinski definition) is 3. The van der Waals surface area contributed by atoms with Crippen molar-refractivity contribution in [2.24, 2.45) is 4.99 Å². The van der Waals surface area contributed by atoms with Gasteiger partial charge >= 0.3 is 0 Å². The Labute approximate surface area is 202 Å². The summed E-state index contributed by atoms with van der Waals surface area (Å²) in [6.07, 6.45) is 0. The molecule has 0 unspecified atom stereocenters. The van der Waals surface area contributed by atoms with Crippen LogP contribution in [0.4, 0.5) is 5.69 Å². The Morgan fingerprint density at radius 1 is 1.12 bits per heavy atom. The Kier molecular flexibility index (Phi) is 9.46. The van der Waals surface area contributed by atoms with Crippen LogP contribution in [0, 0.1) is 10.1 Å². The number of benzene rings is 2. The summed E-state index contributed by atoms with van der Waals surface area (Å²) in [4.78, 5) is 14.5. The molecule has 0 amide bonds. The van der Waals surface area contributed by atoms with Crippen LogP contribution in [-0.4, -0.2) is 45.7 Å².